The monoisotopic (exact) mass is 294 g/mol. The molecule has 0 fully saturated rings. The molecule has 0 N–H and O–H groups in total. The number of unbranched alkanes of at least 4 members (excludes halogenated alkanes) is 1. The summed E-state index contributed by atoms with van der Waals surface area (Å²) in [6, 6.07) is 0. The number of hydrogen-bond donors (Lipinski definition) is 0. The third-order valence-corrected chi connectivity index (χ3v) is 12.9. The van der Waals surface area contributed by atoms with Crippen LogP contribution < -0.4 is 0 Å². The topological polar surface area (TPSA) is 26.3 Å². The minimum absolute atomic E-state index is 0.292. The maximum absolute atomic E-state index is 11.2. The Kier molecular flexibility index (Phi) is 7.47. The van der Waals surface area contributed by atoms with Crippen molar-refractivity contribution >= 4 is 23.2 Å². The number of halogens is 1. The van der Waals surface area contributed by atoms with Gasteiger partial charge in [-0.2, -0.15) is 0 Å². The summed E-state index contributed by atoms with van der Waals surface area (Å²) in [5.41, 5.74) is 0.461. The predicted octanol–water partition coefficient (Wildman–Crippen LogP) is 4.65. The standard InChI is InChI=1S/C14H28ClO2P/c1-6-18(15,7-2,8-3)12-10-9-11-17-14(16)13(4)5/h4,6-12H2,1-3,5H3. The second-order valence-electron chi connectivity index (χ2n) is 5.12. The molecular weight excluding hydrogens is 267 g/mol. The summed E-state index contributed by atoms with van der Waals surface area (Å²) in [4.78, 5) is 11.2. The number of carbonyl (C=O) groups excluding carboxylic acids is 1. The molecular formula is C14H28ClO2P. The maximum atomic E-state index is 11.2. The van der Waals surface area contributed by atoms with Crippen molar-refractivity contribution < 1.29 is 9.53 Å². The molecule has 0 bridgehead atoms. The SMILES string of the molecule is C=C(C)C(=O)OCCCCP(Cl)(CC)(CC)CC. The Balaban J connectivity index is 4.04. The van der Waals surface area contributed by atoms with Crippen molar-refractivity contribution in [1.82, 2.24) is 0 Å². The van der Waals surface area contributed by atoms with E-state index in [0.717, 1.165) is 37.5 Å². The van der Waals surface area contributed by atoms with Crippen LogP contribution in [0.5, 0.6) is 0 Å². The summed E-state index contributed by atoms with van der Waals surface area (Å²) < 4.78 is 5.08. The first kappa shape index (κ1) is 17.9. The van der Waals surface area contributed by atoms with Gasteiger partial charge >= 0.3 is 117 Å². The van der Waals surface area contributed by atoms with Gasteiger partial charge < -0.3 is 0 Å². The van der Waals surface area contributed by atoms with E-state index in [2.05, 4.69) is 27.4 Å². The Morgan fingerprint density at radius 3 is 2.06 bits per heavy atom. The summed E-state index contributed by atoms with van der Waals surface area (Å²) in [7, 11) is 0. The zero-order chi connectivity index (χ0) is 14.3. The first-order chi connectivity index (χ1) is 8.31. The zero-order valence-electron chi connectivity index (χ0n) is 12.3. The van der Waals surface area contributed by atoms with Crippen molar-refractivity contribution in [1.29, 1.82) is 0 Å². The van der Waals surface area contributed by atoms with Crippen LogP contribution in [0.1, 0.15) is 40.5 Å². The number of esters is 1. The van der Waals surface area contributed by atoms with E-state index in [1.54, 1.807) is 6.92 Å². The van der Waals surface area contributed by atoms with Gasteiger partial charge in [0, 0.05) is 0 Å². The first-order valence-electron chi connectivity index (χ1n) is 6.86. The molecule has 0 atom stereocenters. The van der Waals surface area contributed by atoms with Crippen LogP contribution >= 0.6 is 17.2 Å². The fourth-order valence-corrected chi connectivity index (χ4v) is 5.71. The van der Waals surface area contributed by atoms with E-state index in [1.165, 1.54) is 0 Å². The molecule has 0 unspecified atom stereocenters. The average Bonchev–Trinajstić information content (AvgIpc) is 2.38. The van der Waals surface area contributed by atoms with Gasteiger partial charge in [0.1, 0.15) is 0 Å². The fraction of sp³-hybridized carbons (Fsp3) is 0.786. The molecule has 0 saturated heterocycles. The van der Waals surface area contributed by atoms with Crippen LogP contribution in [-0.2, 0) is 9.53 Å². The Labute approximate surface area is 117 Å². The van der Waals surface area contributed by atoms with Crippen LogP contribution in [0, 0.1) is 0 Å². The summed E-state index contributed by atoms with van der Waals surface area (Å²) in [5, 5.41) is 0. The first-order valence-corrected chi connectivity index (χ1v) is 10.7. The van der Waals surface area contributed by atoms with Gasteiger partial charge in [-0.05, 0) is 0 Å². The van der Waals surface area contributed by atoms with Gasteiger partial charge in [-0.1, -0.05) is 0 Å². The van der Waals surface area contributed by atoms with E-state index < -0.39 is 5.96 Å². The second-order valence-corrected chi connectivity index (χ2v) is 14.0. The Bertz CT molecular complexity index is 287. The summed E-state index contributed by atoms with van der Waals surface area (Å²) in [6.07, 6.45) is 6.34. The molecule has 2 nitrogen and oxygen atoms in total. The van der Waals surface area contributed by atoms with Crippen LogP contribution in [0.25, 0.3) is 0 Å². The van der Waals surface area contributed by atoms with E-state index in [1.807, 2.05) is 0 Å². The van der Waals surface area contributed by atoms with Gasteiger partial charge in [-0.15, -0.1) is 0 Å². The molecule has 0 spiro atoms. The molecule has 4 heteroatoms. The fourth-order valence-electron chi connectivity index (χ4n) is 2.04. The Morgan fingerprint density at radius 2 is 1.67 bits per heavy atom. The van der Waals surface area contributed by atoms with Crippen molar-refractivity contribution in [3.8, 4) is 0 Å². The molecule has 0 aromatic heterocycles. The van der Waals surface area contributed by atoms with Crippen LogP contribution in [0.15, 0.2) is 12.2 Å². The van der Waals surface area contributed by atoms with E-state index in [4.69, 9.17) is 16.0 Å². The normalized spacial score (nSPS) is 13.7. The molecule has 0 aromatic carbocycles. The van der Waals surface area contributed by atoms with E-state index in [0.29, 0.717) is 12.2 Å². The van der Waals surface area contributed by atoms with Gasteiger partial charge in [0.2, 0.25) is 0 Å². The molecule has 0 aliphatic heterocycles. The van der Waals surface area contributed by atoms with Crippen molar-refractivity contribution in [3.63, 3.8) is 0 Å². The zero-order valence-corrected chi connectivity index (χ0v) is 13.9. The number of hydrogen-bond acceptors (Lipinski definition) is 2. The van der Waals surface area contributed by atoms with Gasteiger partial charge in [-0.25, -0.2) is 0 Å². The Hall–Kier alpha value is -0.0700. The van der Waals surface area contributed by atoms with Crippen LogP contribution in [-0.4, -0.2) is 37.2 Å². The molecule has 0 aliphatic rings. The molecule has 0 rings (SSSR count). The van der Waals surface area contributed by atoms with Crippen molar-refractivity contribution in [3.05, 3.63) is 12.2 Å². The second kappa shape index (κ2) is 7.50. The predicted molar refractivity (Wildman–Crippen MR) is 84.3 cm³/mol. The molecule has 18 heavy (non-hydrogen) atoms. The van der Waals surface area contributed by atoms with E-state index in [9.17, 15) is 4.79 Å². The summed E-state index contributed by atoms with van der Waals surface area (Å²) in [6.45, 7) is 12.3. The summed E-state index contributed by atoms with van der Waals surface area (Å²) in [5.74, 6) is -2.27. The minimum atomic E-state index is -1.97. The quantitative estimate of drug-likeness (QED) is 0.268. The van der Waals surface area contributed by atoms with Crippen molar-refractivity contribution in [2.75, 3.05) is 31.3 Å². The van der Waals surface area contributed by atoms with Crippen LogP contribution in [0.2, 0.25) is 0 Å². The molecule has 0 radical (unpaired) electrons. The van der Waals surface area contributed by atoms with Crippen LogP contribution in [0.4, 0.5) is 0 Å². The molecule has 0 aliphatic carbocycles. The van der Waals surface area contributed by atoms with Crippen LogP contribution in [0.3, 0.4) is 0 Å². The third-order valence-electron chi connectivity index (χ3n) is 4.06. The third kappa shape index (κ3) is 5.28. The van der Waals surface area contributed by atoms with Gasteiger partial charge in [0.25, 0.3) is 0 Å². The number of rotatable bonds is 9. The van der Waals surface area contributed by atoms with Gasteiger partial charge in [-0.3, -0.25) is 0 Å². The van der Waals surface area contributed by atoms with Crippen molar-refractivity contribution in [2.24, 2.45) is 0 Å². The Morgan fingerprint density at radius 1 is 1.17 bits per heavy atom. The molecule has 0 heterocycles. The number of ether oxygens (including phenoxy) is 1. The summed E-state index contributed by atoms with van der Waals surface area (Å²) >= 11 is 6.95. The van der Waals surface area contributed by atoms with Crippen molar-refractivity contribution in [2.45, 2.75) is 40.5 Å². The molecule has 0 saturated carbocycles. The van der Waals surface area contributed by atoms with Gasteiger partial charge in [0.15, 0.2) is 0 Å². The molecule has 0 amide bonds. The van der Waals surface area contributed by atoms with E-state index in [-0.39, 0.29) is 5.97 Å². The number of carbonyl (C=O) groups is 1. The average molecular weight is 295 g/mol. The molecule has 108 valence electrons. The van der Waals surface area contributed by atoms with Gasteiger partial charge in [0.05, 0.1) is 0 Å². The molecule has 0 aromatic rings. The van der Waals surface area contributed by atoms with E-state index >= 15 is 0 Å².